The first-order chi connectivity index (χ1) is 10.3. The molecule has 1 fully saturated rings. The lowest BCUT2D eigenvalue weighted by Crippen LogP contribution is -2.43. The molecular formula is C15H25ClF2N4O. The van der Waals surface area contributed by atoms with Gasteiger partial charge in [-0.25, -0.2) is 4.68 Å². The van der Waals surface area contributed by atoms with Gasteiger partial charge >= 0.3 is 6.55 Å². The molecule has 0 saturated carbocycles. The van der Waals surface area contributed by atoms with Crippen LogP contribution in [0.4, 0.5) is 8.78 Å². The number of halogens is 3. The largest absolute Gasteiger partial charge is 0.342 e. The maximum atomic E-state index is 12.8. The summed E-state index contributed by atoms with van der Waals surface area (Å²) in [6.07, 6.45) is 1.93. The summed E-state index contributed by atoms with van der Waals surface area (Å²) in [5, 5.41) is 3.82. The quantitative estimate of drug-likeness (QED) is 0.907. The fourth-order valence-electron chi connectivity index (χ4n) is 3.08. The van der Waals surface area contributed by atoms with Crippen molar-refractivity contribution in [1.29, 1.82) is 0 Å². The third kappa shape index (κ3) is 4.41. The van der Waals surface area contributed by atoms with Gasteiger partial charge in [0.15, 0.2) is 0 Å². The highest BCUT2D eigenvalue weighted by Crippen LogP contribution is 2.23. The number of aryl methyl sites for hydroxylation is 1. The number of nitrogens with zero attached hydrogens (tertiary/aromatic N) is 3. The van der Waals surface area contributed by atoms with E-state index in [9.17, 15) is 13.6 Å². The van der Waals surface area contributed by atoms with E-state index < -0.39 is 6.55 Å². The minimum absolute atomic E-state index is 0. The fourth-order valence-corrected chi connectivity index (χ4v) is 3.08. The van der Waals surface area contributed by atoms with Crippen LogP contribution in [0.2, 0.25) is 0 Å². The summed E-state index contributed by atoms with van der Waals surface area (Å²) in [5.74, 6) is 0.428. The Bertz CT molecular complexity index is 540. The van der Waals surface area contributed by atoms with Gasteiger partial charge in [0.25, 0.3) is 0 Å². The molecule has 132 valence electrons. The molecule has 1 aromatic rings. The van der Waals surface area contributed by atoms with Crippen LogP contribution in [0.1, 0.15) is 43.3 Å². The molecule has 1 amide bonds. The Labute approximate surface area is 141 Å². The molecule has 0 spiro atoms. The normalized spacial score (nSPS) is 17.3. The molecule has 2 rings (SSSR count). The number of nitrogens with two attached hydrogens (primary N) is 1. The number of hydrogen-bond acceptors (Lipinski definition) is 3. The first kappa shape index (κ1) is 19.8. The molecule has 1 unspecified atom stereocenters. The zero-order chi connectivity index (χ0) is 16.4. The van der Waals surface area contributed by atoms with Crippen LogP contribution >= 0.6 is 12.4 Å². The zero-order valence-corrected chi connectivity index (χ0v) is 14.6. The van der Waals surface area contributed by atoms with E-state index in [4.69, 9.17) is 5.73 Å². The van der Waals surface area contributed by atoms with E-state index in [-0.39, 0.29) is 30.8 Å². The SMILES string of the molecule is Cc1nn(C(F)F)c(C)c1CC(=O)N1CCC(C(C)N)CC1.Cl. The van der Waals surface area contributed by atoms with Crippen molar-refractivity contribution < 1.29 is 13.6 Å². The summed E-state index contributed by atoms with van der Waals surface area (Å²) in [6, 6.07) is 0.144. The Kier molecular flexibility index (Phi) is 6.95. The number of alkyl halides is 2. The Morgan fingerprint density at radius 1 is 1.35 bits per heavy atom. The minimum atomic E-state index is -2.68. The second-order valence-electron chi connectivity index (χ2n) is 6.13. The molecule has 8 heteroatoms. The zero-order valence-electron chi connectivity index (χ0n) is 13.8. The van der Waals surface area contributed by atoms with Crippen LogP contribution in [0.5, 0.6) is 0 Å². The number of rotatable bonds is 4. The molecule has 2 N–H and O–H groups in total. The molecule has 0 aliphatic carbocycles. The van der Waals surface area contributed by atoms with Gasteiger partial charge in [0.1, 0.15) is 0 Å². The summed E-state index contributed by atoms with van der Waals surface area (Å²) in [7, 11) is 0. The lowest BCUT2D eigenvalue weighted by atomic mass is 9.90. The molecule has 0 radical (unpaired) electrons. The van der Waals surface area contributed by atoms with Crippen LogP contribution in [-0.2, 0) is 11.2 Å². The number of carbonyl (C=O) groups excluding carboxylic acids is 1. The summed E-state index contributed by atoms with van der Waals surface area (Å²) in [5.41, 5.74) is 7.37. The average Bonchev–Trinajstić information content (AvgIpc) is 2.75. The van der Waals surface area contributed by atoms with E-state index in [2.05, 4.69) is 5.10 Å². The third-order valence-electron chi connectivity index (χ3n) is 4.62. The molecule has 2 heterocycles. The van der Waals surface area contributed by atoms with Crippen molar-refractivity contribution in [3.05, 3.63) is 17.0 Å². The van der Waals surface area contributed by atoms with Crippen LogP contribution in [0.15, 0.2) is 0 Å². The molecule has 23 heavy (non-hydrogen) atoms. The number of amides is 1. The van der Waals surface area contributed by atoms with Gasteiger partial charge in [-0.15, -0.1) is 12.4 Å². The molecule has 1 aromatic heterocycles. The number of likely N-dealkylation sites (tertiary alicyclic amines) is 1. The molecular weight excluding hydrogens is 326 g/mol. The van der Waals surface area contributed by atoms with Gasteiger partial charge in [0, 0.05) is 30.4 Å². The summed E-state index contributed by atoms with van der Waals surface area (Å²) in [4.78, 5) is 14.2. The summed E-state index contributed by atoms with van der Waals surface area (Å²) >= 11 is 0. The van der Waals surface area contributed by atoms with Gasteiger partial charge in [0.05, 0.1) is 12.1 Å². The number of aromatic nitrogens is 2. The minimum Gasteiger partial charge on any atom is -0.342 e. The van der Waals surface area contributed by atoms with E-state index in [0.29, 0.717) is 40.6 Å². The van der Waals surface area contributed by atoms with Crippen molar-refractivity contribution in [2.75, 3.05) is 13.1 Å². The molecule has 1 aliphatic heterocycles. The summed E-state index contributed by atoms with van der Waals surface area (Å²) < 4.78 is 26.3. The second kappa shape index (κ2) is 8.06. The van der Waals surface area contributed by atoms with Crippen LogP contribution in [-0.4, -0.2) is 39.7 Å². The van der Waals surface area contributed by atoms with E-state index in [1.807, 2.05) is 6.92 Å². The van der Waals surface area contributed by atoms with E-state index in [1.165, 1.54) is 0 Å². The topological polar surface area (TPSA) is 64.2 Å². The lowest BCUT2D eigenvalue weighted by Gasteiger charge is -2.33. The Morgan fingerprint density at radius 2 is 1.91 bits per heavy atom. The highest BCUT2D eigenvalue weighted by atomic mass is 35.5. The van der Waals surface area contributed by atoms with Gasteiger partial charge in [-0.2, -0.15) is 13.9 Å². The highest BCUT2D eigenvalue weighted by Gasteiger charge is 2.26. The fraction of sp³-hybridized carbons (Fsp3) is 0.733. The standard InChI is InChI=1S/C15H24F2N4O.ClH/c1-9(18)12-4-6-20(7-5-12)14(22)8-13-10(2)19-21(11(13)3)15(16)17;/h9,12,15H,4-8,18H2,1-3H3;1H. The molecule has 0 bridgehead atoms. The van der Waals surface area contributed by atoms with Gasteiger partial charge in [0.2, 0.25) is 5.91 Å². The van der Waals surface area contributed by atoms with Crippen LogP contribution in [0.3, 0.4) is 0 Å². The first-order valence-corrected chi connectivity index (χ1v) is 7.67. The highest BCUT2D eigenvalue weighted by molar-refractivity contribution is 5.85. The summed E-state index contributed by atoms with van der Waals surface area (Å²) in [6.45, 7) is 3.93. The maximum Gasteiger partial charge on any atom is 0.333 e. The van der Waals surface area contributed by atoms with Gasteiger partial charge < -0.3 is 10.6 Å². The third-order valence-corrected chi connectivity index (χ3v) is 4.62. The Balaban J connectivity index is 0.00000264. The predicted molar refractivity (Wildman–Crippen MR) is 86.9 cm³/mol. The second-order valence-corrected chi connectivity index (χ2v) is 6.13. The van der Waals surface area contributed by atoms with E-state index >= 15 is 0 Å². The Morgan fingerprint density at radius 3 is 2.35 bits per heavy atom. The van der Waals surface area contributed by atoms with E-state index in [1.54, 1.807) is 18.7 Å². The molecule has 5 nitrogen and oxygen atoms in total. The van der Waals surface area contributed by atoms with Gasteiger partial charge in [-0.3, -0.25) is 4.79 Å². The smallest absolute Gasteiger partial charge is 0.333 e. The molecule has 0 aromatic carbocycles. The predicted octanol–water partition coefficient (Wildman–Crippen LogP) is 2.45. The maximum absolute atomic E-state index is 12.8. The molecule has 1 atom stereocenters. The van der Waals surface area contributed by atoms with Crippen molar-refractivity contribution in [1.82, 2.24) is 14.7 Å². The van der Waals surface area contributed by atoms with E-state index in [0.717, 1.165) is 12.8 Å². The van der Waals surface area contributed by atoms with Crippen molar-refractivity contribution in [2.45, 2.75) is 52.6 Å². The lowest BCUT2D eigenvalue weighted by molar-refractivity contribution is -0.132. The Hall–Kier alpha value is -1.21. The number of hydrogen-bond donors (Lipinski definition) is 1. The van der Waals surface area contributed by atoms with Crippen molar-refractivity contribution in [3.63, 3.8) is 0 Å². The number of carbonyl (C=O) groups is 1. The first-order valence-electron chi connectivity index (χ1n) is 7.67. The average molecular weight is 351 g/mol. The van der Waals surface area contributed by atoms with Crippen LogP contribution < -0.4 is 5.73 Å². The van der Waals surface area contributed by atoms with Crippen molar-refractivity contribution in [2.24, 2.45) is 11.7 Å². The monoisotopic (exact) mass is 350 g/mol. The van der Waals surface area contributed by atoms with Crippen LogP contribution in [0, 0.1) is 19.8 Å². The number of piperidine rings is 1. The molecule has 1 aliphatic rings. The molecule has 1 saturated heterocycles. The van der Waals surface area contributed by atoms with Gasteiger partial charge in [-0.1, -0.05) is 0 Å². The van der Waals surface area contributed by atoms with Crippen LogP contribution in [0.25, 0.3) is 0 Å². The van der Waals surface area contributed by atoms with Crippen molar-refractivity contribution >= 4 is 18.3 Å². The van der Waals surface area contributed by atoms with Gasteiger partial charge in [-0.05, 0) is 39.5 Å². The van der Waals surface area contributed by atoms with Crippen molar-refractivity contribution in [3.8, 4) is 0 Å².